The molecule has 9 nitrogen and oxygen atoms in total. The van der Waals surface area contributed by atoms with Crippen molar-refractivity contribution in [2.45, 2.75) is 25.3 Å². The molecule has 194 valence electrons. The summed E-state index contributed by atoms with van der Waals surface area (Å²) in [4.78, 5) is 63.1. The van der Waals surface area contributed by atoms with Crippen LogP contribution in [-0.2, 0) is 28.9 Å². The molecule has 3 aliphatic heterocycles. The van der Waals surface area contributed by atoms with E-state index >= 15 is 0 Å². The van der Waals surface area contributed by atoms with Crippen molar-refractivity contribution in [3.63, 3.8) is 0 Å². The Morgan fingerprint density at radius 1 is 0.923 bits per heavy atom. The zero-order valence-corrected chi connectivity index (χ0v) is 21.0. The van der Waals surface area contributed by atoms with Crippen molar-refractivity contribution >= 4 is 29.3 Å². The highest BCUT2D eigenvalue weighted by atomic mass is 16.2. The van der Waals surface area contributed by atoms with Crippen LogP contribution in [0.2, 0.25) is 0 Å². The first-order chi connectivity index (χ1) is 19.0. The van der Waals surface area contributed by atoms with Crippen LogP contribution in [0.4, 0.5) is 10.6 Å². The van der Waals surface area contributed by atoms with Gasteiger partial charge in [0.2, 0.25) is 11.8 Å². The molecule has 2 aromatic heterocycles. The first-order valence-corrected chi connectivity index (χ1v) is 13.0. The number of amides is 4. The molecule has 4 amide bonds. The van der Waals surface area contributed by atoms with E-state index in [-0.39, 0.29) is 18.5 Å². The smallest absolute Gasteiger partial charge is 0.330 e. The molecule has 0 bridgehead atoms. The summed E-state index contributed by atoms with van der Waals surface area (Å²) in [5.41, 5.74) is 1.61. The minimum Gasteiger partial charge on any atom is -0.347 e. The van der Waals surface area contributed by atoms with Gasteiger partial charge in [0.25, 0.3) is 5.56 Å². The van der Waals surface area contributed by atoms with Gasteiger partial charge in [0.15, 0.2) is 5.41 Å². The maximum Gasteiger partial charge on any atom is 0.330 e. The van der Waals surface area contributed by atoms with Crippen molar-refractivity contribution in [3.8, 4) is 0 Å². The van der Waals surface area contributed by atoms with E-state index in [1.807, 2.05) is 65.6 Å². The number of carbonyl (C=O) groups excluding carboxylic acids is 3. The van der Waals surface area contributed by atoms with E-state index in [0.29, 0.717) is 36.4 Å². The average Bonchev–Trinajstić information content (AvgIpc) is 2.96. The number of imide groups is 2. The van der Waals surface area contributed by atoms with Crippen LogP contribution in [0.15, 0.2) is 83.8 Å². The maximum atomic E-state index is 14.5. The van der Waals surface area contributed by atoms with Crippen LogP contribution in [0.25, 0.3) is 5.65 Å². The van der Waals surface area contributed by atoms with E-state index in [2.05, 4.69) is 5.32 Å². The number of aromatic nitrogens is 2. The number of hydrogen-bond donors (Lipinski definition) is 1. The van der Waals surface area contributed by atoms with Crippen LogP contribution in [0.5, 0.6) is 0 Å². The molecule has 2 atom stereocenters. The minimum absolute atomic E-state index is 0.111. The van der Waals surface area contributed by atoms with E-state index in [1.54, 1.807) is 18.3 Å². The highest BCUT2D eigenvalue weighted by Crippen LogP contribution is 2.52. The lowest BCUT2D eigenvalue weighted by atomic mass is 9.65. The molecule has 1 fully saturated rings. The monoisotopic (exact) mass is 519 g/mol. The summed E-state index contributed by atoms with van der Waals surface area (Å²) in [5, 5.41) is 2.48. The first kappa shape index (κ1) is 23.3. The van der Waals surface area contributed by atoms with E-state index in [0.717, 1.165) is 21.6 Å². The van der Waals surface area contributed by atoms with Gasteiger partial charge in [0.1, 0.15) is 11.5 Å². The van der Waals surface area contributed by atoms with Crippen LogP contribution in [0.3, 0.4) is 0 Å². The molecule has 2 aromatic carbocycles. The molecule has 4 aromatic rings. The molecular formula is C30H25N5O4. The van der Waals surface area contributed by atoms with Gasteiger partial charge in [0.05, 0.1) is 11.6 Å². The summed E-state index contributed by atoms with van der Waals surface area (Å²) in [6.45, 7) is 0.588. The van der Waals surface area contributed by atoms with Gasteiger partial charge in [0, 0.05) is 25.7 Å². The number of nitrogens with one attached hydrogen (secondary N) is 1. The Balaban J connectivity index is 1.42. The largest absolute Gasteiger partial charge is 0.347 e. The van der Waals surface area contributed by atoms with Crippen LogP contribution in [0.1, 0.15) is 28.3 Å². The van der Waals surface area contributed by atoms with Gasteiger partial charge in [-0.05, 0) is 41.7 Å². The number of fused-ring (bicyclic) bond motifs is 7. The number of benzene rings is 2. The van der Waals surface area contributed by atoms with Gasteiger partial charge in [-0.3, -0.25) is 29.0 Å². The van der Waals surface area contributed by atoms with Crippen LogP contribution in [-0.4, -0.2) is 45.2 Å². The van der Waals surface area contributed by atoms with Crippen molar-refractivity contribution in [1.82, 2.24) is 19.6 Å². The molecule has 0 saturated carbocycles. The fourth-order valence-electron chi connectivity index (χ4n) is 6.40. The molecule has 7 rings (SSSR count). The normalized spacial score (nSPS) is 21.9. The molecule has 1 N–H and O–H groups in total. The molecule has 1 spiro atoms. The summed E-state index contributed by atoms with van der Waals surface area (Å²) < 4.78 is 1.44. The lowest BCUT2D eigenvalue weighted by molar-refractivity contribution is -0.154. The van der Waals surface area contributed by atoms with Gasteiger partial charge in [-0.1, -0.05) is 60.7 Å². The molecule has 1 saturated heterocycles. The van der Waals surface area contributed by atoms with Gasteiger partial charge in [-0.25, -0.2) is 9.78 Å². The maximum absolute atomic E-state index is 14.5. The third kappa shape index (κ3) is 3.35. The Bertz CT molecular complexity index is 1730. The standard InChI is InChI=1S/C30H25N5O4/c36-26-22-18-30(27(37)32-29(39)35(28(30)38)16-13-19-8-2-1-3-9-19)24-21-11-5-4-10-20(21)14-17-34(24)25(22)31-23-12-6-7-15-33(23)26/h1-12,15,24H,13-14,16-18H2,(H,32,37,39)/t24-,30+/m0/s1. The minimum atomic E-state index is -1.71. The lowest BCUT2D eigenvalue weighted by Crippen LogP contribution is -2.70. The highest BCUT2D eigenvalue weighted by molar-refractivity contribution is 6.20. The van der Waals surface area contributed by atoms with E-state index in [1.165, 1.54) is 4.40 Å². The van der Waals surface area contributed by atoms with Crippen molar-refractivity contribution in [2.24, 2.45) is 5.41 Å². The Hall–Kier alpha value is -4.79. The Kier molecular flexibility index (Phi) is 5.16. The number of urea groups is 1. The Morgan fingerprint density at radius 3 is 2.54 bits per heavy atom. The molecule has 5 heterocycles. The molecule has 3 aliphatic rings. The number of carbonyl (C=O) groups is 3. The fraction of sp³-hybridized carbons (Fsp3) is 0.233. The summed E-state index contributed by atoms with van der Waals surface area (Å²) >= 11 is 0. The van der Waals surface area contributed by atoms with Crippen LogP contribution >= 0.6 is 0 Å². The van der Waals surface area contributed by atoms with E-state index < -0.39 is 29.3 Å². The van der Waals surface area contributed by atoms with Gasteiger partial charge in [-0.15, -0.1) is 0 Å². The number of rotatable bonds is 3. The SMILES string of the molecule is O=C1NC(=O)[C@]2(Cc3c(nc4ccccn4c3=O)N3CCc4ccccc4[C@H]32)C(=O)N1CCc1ccccc1. The topological polar surface area (TPSA) is 104 Å². The second kappa shape index (κ2) is 8.62. The summed E-state index contributed by atoms with van der Waals surface area (Å²) in [6.07, 6.45) is 2.60. The molecular weight excluding hydrogens is 494 g/mol. The third-order valence-electron chi connectivity index (χ3n) is 8.25. The van der Waals surface area contributed by atoms with Crippen molar-refractivity contribution < 1.29 is 14.4 Å². The number of anilines is 1. The van der Waals surface area contributed by atoms with Crippen molar-refractivity contribution in [2.75, 3.05) is 18.0 Å². The number of pyridine rings is 1. The molecule has 39 heavy (non-hydrogen) atoms. The quantitative estimate of drug-likeness (QED) is 0.418. The zero-order valence-electron chi connectivity index (χ0n) is 21.0. The number of hydrogen-bond acceptors (Lipinski definition) is 6. The van der Waals surface area contributed by atoms with E-state index in [4.69, 9.17) is 4.98 Å². The highest BCUT2D eigenvalue weighted by Gasteiger charge is 2.64. The summed E-state index contributed by atoms with van der Waals surface area (Å²) in [5.74, 6) is -0.768. The molecule has 0 aliphatic carbocycles. The Morgan fingerprint density at radius 2 is 1.69 bits per heavy atom. The summed E-state index contributed by atoms with van der Waals surface area (Å²) in [6, 6.07) is 21.2. The van der Waals surface area contributed by atoms with Gasteiger partial charge < -0.3 is 4.90 Å². The van der Waals surface area contributed by atoms with Gasteiger partial charge >= 0.3 is 6.03 Å². The lowest BCUT2D eigenvalue weighted by Gasteiger charge is -2.53. The molecule has 0 unspecified atom stereocenters. The predicted molar refractivity (Wildman–Crippen MR) is 143 cm³/mol. The van der Waals surface area contributed by atoms with Crippen LogP contribution in [0, 0.1) is 5.41 Å². The van der Waals surface area contributed by atoms with Crippen molar-refractivity contribution in [1.29, 1.82) is 0 Å². The number of barbiturate groups is 1. The predicted octanol–water partition coefficient (Wildman–Crippen LogP) is 2.66. The van der Waals surface area contributed by atoms with Crippen molar-refractivity contribution in [3.05, 3.63) is 112 Å². The second-order valence-electron chi connectivity index (χ2n) is 10.3. The van der Waals surface area contributed by atoms with Crippen LogP contribution < -0.4 is 15.8 Å². The number of nitrogens with zero attached hydrogens (tertiary/aromatic N) is 4. The summed E-state index contributed by atoms with van der Waals surface area (Å²) in [7, 11) is 0. The zero-order chi connectivity index (χ0) is 26.7. The third-order valence-corrected chi connectivity index (χ3v) is 8.25. The fourth-order valence-corrected chi connectivity index (χ4v) is 6.40. The van der Waals surface area contributed by atoms with E-state index in [9.17, 15) is 19.2 Å². The molecule has 0 radical (unpaired) electrons. The van der Waals surface area contributed by atoms with Gasteiger partial charge in [-0.2, -0.15) is 0 Å². The average molecular weight is 520 g/mol. The second-order valence-corrected chi connectivity index (χ2v) is 10.3. The molecule has 9 heteroatoms. The first-order valence-electron chi connectivity index (χ1n) is 13.0. The Labute approximate surface area is 223 Å².